The summed E-state index contributed by atoms with van der Waals surface area (Å²) in [5.41, 5.74) is 3.05. The van der Waals surface area contributed by atoms with Crippen LogP contribution in [0.3, 0.4) is 0 Å². The molecule has 30 heavy (non-hydrogen) atoms. The average molecular weight is 419 g/mol. The molecule has 6 heteroatoms. The van der Waals surface area contributed by atoms with E-state index in [2.05, 4.69) is 0 Å². The van der Waals surface area contributed by atoms with Gasteiger partial charge in [-0.2, -0.15) is 0 Å². The predicted molar refractivity (Wildman–Crippen MR) is 115 cm³/mol. The molecule has 0 aromatic heterocycles. The Morgan fingerprint density at radius 3 is 2.27 bits per heavy atom. The molecule has 0 N–H and O–H groups in total. The summed E-state index contributed by atoms with van der Waals surface area (Å²) >= 11 is 6.51. The number of rotatable bonds is 3. The molecule has 5 rings (SSSR count). The number of hydrogen-bond acceptors (Lipinski definition) is 4. The summed E-state index contributed by atoms with van der Waals surface area (Å²) in [6, 6.07) is 23.7. The monoisotopic (exact) mass is 418 g/mol. The molecule has 3 atom stereocenters. The maximum absolute atomic E-state index is 13.5. The largest absolute Gasteiger partial charge is 0.273 e. The van der Waals surface area contributed by atoms with Gasteiger partial charge in [0.2, 0.25) is 5.91 Å². The number of hydrogen-bond donors (Lipinski definition) is 0. The van der Waals surface area contributed by atoms with Crippen LogP contribution in [-0.2, 0) is 14.4 Å². The number of fused-ring (bicyclic) bond motifs is 1. The molecule has 2 aliphatic heterocycles. The number of amides is 2. The van der Waals surface area contributed by atoms with Crippen molar-refractivity contribution in [3.05, 3.63) is 95.0 Å². The second-order valence-electron chi connectivity index (χ2n) is 7.53. The molecule has 0 radical (unpaired) electrons. The maximum atomic E-state index is 13.5. The first-order chi connectivity index (χ1) is 14.6. The van der Waals surface area contributed by atoms with Gasteiger partial charge in [-0.15, -0.1) is 0 Å². The minimum absolute atomic E-state index is 0.279. The Labute approximate surface area is 179 Å². The van der Waals surface area contributed by atoms with Crippen molar-refractivity contribution in [2.45, 2.75) is 19.1 Å². The molecule has 0 spiro atoms. The van der Waals surface area contributed by atoms with E-state index >= 15 is 0 Å². The van der Waals surface area contributed by atoms with Gasteiger partial charge in [0.15, 0.2) is 6.10 Å². The lowest BCUT2D eigenvalue weighted by atomic mass is 9.90. The van der Waals surface area contributed by atoms with Crippen molar-refractivity contribution in [1.82, 2.24) is 0 Å². The standard InChI is InChI=1S/C24H19ClN2O3/c1-15-8-7-11-17(14-15)26-23(28)20-21(18-12-5-6-13-19(18)25)27(30-22(20)24(26)29)16-9-3-2-4-10-16/h2-14,20-22H,1H3/t20-,21-,22-/m1/s1. The number of para-hydroxylation sites is 1. The van der Waals surface area contributed by atoms with Crippen LogP contribution in [0.5, 0.6) is 0 Å². The second-order valence-corrected chi connectivity index (χ2v) is 7.94. The third-order valence-electron chi connectivity index (χ3n) is 5.61. The van der Waals surface area contributed by atoms with Crippen LogP contribution in [0.15, 0.2) is 78.9 Å². The Kier molecular flexibility index (Phi) is 4.57. The quantitative estimate of drug-likeness (QED) is 0.578. The molecule has 150 valence electrons. The number of halogens is 1. The minimum atomic E-state index is -0.903. The topological polar surface area (TPSA) is 49.9 Å². The van der Waals surface area contributed by atoms with E-state index in [1.165, 1.54) is 4.90 Å². The number of benzene rings is 3. The van der Waals surface area contributed by atoms with Gasteiger partial charge in [0, 0.05) is 5.02 Å². The number of carbonyl (C=O) groups is 2. The van der Waals surface area contributed by atoms with Crippen LogP contribution >= 0.6 is 11.6 Å². The zero-order valence-corrected chi connectivity index (χ0v) is 17.0. The van der Waals surface area contributed by atoms with Crippen molar-refractivity contribution in [2.75, 3.05) is 9.96 Å². The van der Waals surface area contributed by atoms with Crippen molar-refractivity contribution in [2.24, 2.45) is 5.92 Å². The molecule has 2 fully saturated rings. The number of hydroxylamine groups is 1. The molecule has 0 saturated carbocycles. The fourth-order valence-corrected chi connectivity index (χ4v) is 4.51. The number of anilines is 2. The fourth-order valence-electron chi connectivity index (χ4n) is 4.27. The van der Waals surface area contributed by atoms with Crippen LogP contribution in [0.4, 0.5) is 11.4 Å². The van der Waals surface area contributed by atoms with E-state index in [9.17, 15) is 9.59 Å². The van der Waals surface area contributed by atoms with Crippen LogP contribution in [0.25, 0.3) is 0 Å². The Hall–Kier alpha value is -3.15. The van der Waals surface area contributed by atoms with Crippen LogP contribution < -0.4 is 9.96 Å². The van der Waals surface area contributed by atoms with Crippen LogP contribution in [0.1, 0.15) is 17.2 Å². The first kappa shape index (κ1) is 18.9. The van der Waals surface area contributed by atoms with E-state index in [1.807, 2.05) is 73.7 Å². The molecule has 3 aromatic rings. The lowest BCUT2D eigenvalue weighted by molar-refractivity contribution is -0.126. The summed E-state index contributed by atoms with van der Waals surface area (Å²) in [4.78, 5) is 34.2. The smallest absolute Gasteiger partial charge is 0.266 e. The van der Waals surface area contributed by atoms with E-state index < -0.39 is 18.1 Å². The van der Waals surface area contributed by atoms with Gasteiger partial charge in [-0.1, -0.05) is 60.1 Å². The van der Waals surface area contributed by atoms with Crippen LogP contribution in [-0.4, -0.2) is 17.9 Å². The molecule has 0 bridgehead atoms. The van der Waals surface area contributed by atoms with E-state index in [-0.39, 0.29) is 11.8 Å². The van der Waals surface area contributed by atoms with E-state index in [4.69, 9.17) is 16.4 Å². The first-order valence-electron chi connectivity index (χ1n) is 9.76. The van der Waals surface area contributed by atoms with Gasteiger partial charge >= 0.3 is 0 Å². The Bertz CT molecular complexity index is 1130. The van der Waals surface area contributed by atoms with Crippen LogP contribution in [0, 0.1) is 12.8 Å². The number of imide groups is 1. The van der Waals surface area contributed by atoms with Gasteiger partial charge in [0.25, 0.3) is 5.91 Å². The van der Waals surface area contributed by atoms with E-state index in [0.29, 0.717) is 10.7 Å². The lowest BCUT2D eigenvalue weighted by Gasteiger charge is -2.29. The highest BCUT2D eigenvalue weighted by atomic mass is 35.5. The molecule has 0 unspecified atom stereocenters. The first-order valence-corrected chi connectivity index (χ1v) is 10.1. The maximum Gasteiger partial charge on any atom is 0.266 e. The van der Waals surface area contributed by atoms with Gasteiger partial charge in [-0.05, 0) is 48.4 Å². The number of aryl methyl sites for hydroxylation is 1. The zero-order chi connectivity index (χ0) is 20.8. The van der Waals surface area contributed by atoms with Gasteiger partial charge < -0.3 is 0 Å². The summed E-state index contributed by atoms with van der Waals surface area (Å²) in [5, 5.41) is 2.18. The summed E-state index contributed by atoms with van der Waals surface area (Å²) in [6.45, 7) is 1.93. The molecule has 3 aromatic carbocycles. The fraction of sp³-hybridized carbons (Fsp3) is 0.167. The molecule has 2 heterocycles. The molecule has 0 aliphatic carbocycles. The normalized spacial score (nSPS) is 23.2. The zero-order valence-electron chi connectivity index (χ0n) is 16.2. The molecule has 2 saturated heterocycles. The van der Waals surface area contributed by atoms with Crippen molar-refractivity contribution in [3.63, 3.8) is 0 Å². The minimum Gasteiger partial charge on any atom is -0.273 e. The predicted octanol–water partition coefficient (Wildman–Crippen LogP) is 4.70. The molecular weight excluding hydrogens is 400 g/mol. The van der Waals surface area contributed by atoms with Crippen molar-refractivity contribution >= 4 is 34.8 Å². The third kappa shape index (κ3) is 2.90. The van der Waals surface area contributed by atoms with E-state index in [0.717, 1.165) is 16.8 Å². The highest BCUT2D eigenvalue weighted by Gasteiger charge is 2.60. The molecule has 5 nitrogen and oxygen atoms in total. The summed E-state index contributed by atoms with van der Waals surface area (Å²) in [6.07, 6.45) is -0.903. The van der Waals surface area contributed by atoms with Gasteiger partial charge in [-0.25, -0.2) is 9.96 Å². The average Bonchev–Trinajstić information content (AvgIpc) is 3.25. The Morgan fingerprint density at radius 1 is 0.833 bits per heavy atom. The summed E-state index contributed by atoms with van der Waals surface area (Å²) in [5.74, 6) is -1.33. The highest BCUT2D eigenvalue weighted by molar-refractivity contribution is 6.31. The van der Waals surface area contributed by atoms with Crippen molar-refractivity contribution in [1.29, 1.82) is 0 Å². The van der Waals surface area contributed by atoms with Crippen molar-refractivity contribution < 1.29 is 14.4 Å². The van der Waals surface area contributed by atoms with Gasteiger partial charge in [0.05, 0.1) is 17.4 Å². The molecule has 2 aliphatic rings. The third-order valence-corrected chi connectivity index (χ3v) is 5.95. The number of carbonyl (C=O) groups excluding carboxylic acids is 2. The SMILES string of the molecule is Cc1cccc(N2C(=O)[C@@H]3[C@@H](c4ccccc4Cl)N(c4ccccc4)O[C@H]3C2=O)c1. The molecule has 2 amide bonds. The van der Waals surface area contributed by atoms with Gasteiger partial charge in [-0.3, -0.25) is 14.4 Å². The van der Waals surface area contributed by atoms with Gasteiger partial charge in [0.1, 0.15) is 5.92 Å². The lowest BCUT2D eigenvalue weighted by Crippen LogP contribution is -2.37. The Morgan fingerprint density at radius 2 is 1.53 bits per heavy atom. The highest BCUT2D eigenvalue weighted by Crippen LogP contribution is 2.48. The summed E-state index contributed by atoms with van der Waals surface area (Å²) in [7, 11) is 0. The summed E-state index contributed by atoms with van der Waals surface area (Å²) < 4.78 is 0. The second kappa shape index (κ2) is 7.27. The Balaban J connectivity index is 1.61. The molecular formula is C24H19ClN2O3. The van der Waals surface area contributed by atoms with Crippen molar-refractivity contribution in [3.8, 4) is 0 Å². The van der Waals surface area contributed by atoms with Crippen LogP contribution in [0.2, 0.25) is 5.02 Å². The number of nitrogens with zero attached hydrogens (tertiary/aromatic N) is 2. The van der Waals surface area contributed by atoms with E-state index in [1.54, 1.807) is 17.2 Å².